The number of aryl methyl sites for hydroxylation is 2. The predicted molar refractivity (Wildman–Crippen MR) is 88.8 cm³/mol. The summed E-state index contributed by atoms with van der Waals surface area (Å²) in [7, 11) is 0. The molecule has 3 rings (SSSR count). The standard InChI is InChI=1S/C17H21FN4O2/c1-10-8-11(2)22(21-10)15-5-4-13(9-14(15)18)20-17(23)16-12(3)24-7-6-19-16/h4-5,8-9,12,16,19H,6-7H2,1-3H3,(H,20,23)/t12-,16+/m1/s1. The van der Waals surface area contributed by atoms with E-state index < -0.39 is 11.9 Å². The molecule has 1 aromatic heterocycles. The number of carbonyl (C=O) groups is 1. The molecule has 1 aliphatic rings. The van der Waals surface area contributed by atoms with Crippen LogP contribution in [0, 0.1) is 19.7 Å². The monoisotopic (exact) mass is 332 g/mol. The van der Waals surface area contributed by atoms with Crippen LogP contribution in [-0.4, -0.2) is 41.0 Å². The Kier molecular flexibility index (Phi) is 4.64. The van der Waals surface area contributed by atoms with E-state index in [9.17, 15) is 9.18 Å². The molecule has 6 nitrogen and oxygen atoms in total. The summed E-state index contributed by atoms with van der Waals surface area (Å²) in [6, 6.07) is 6.01. The molecule has 0 radical (unpaired) electrons. The first kappa shape index (κ1) is 16.6. The van der Waals surface area contributed by atoms with E-state index in [1.165, 1.54) is 6.07 Å². The molecular weight excluding hydrogens is 311 g/mol. The summed E-state index contributed by atoms with van der Waals surface area (Å²) < 4.78 is 21.4. The van der Waals surface area contributed by atoms with Crippen molar-refractivity contribution < 1.29 is 13.9 Å². The smallest absolute Gasteiger partial charge is 0.244 e. The van der Waals surface area contributed by atoms with Gasteiger partial charge in [0.15, 0.2) is 5.82 Å². The minimum absolute atomic E-state index is 0.224. The Morgan fingerprint density at radius 3 is 2.83 bits per heavy atom. The zero-order valence-corrected chi connectivity index (χ0v) is 14.0. The van der Waals surface area contributed by atoms with Gasteiger partial charge in [0.05, 0.1) is 18.4 Å². The van der Waals surface area contributed by atoms with E-state index in [0.717, 1.165) is 11.4 Å². The molecule has 2 atom stereocenters. The highest BCUT2D eigenvalue weighted by atomic mass is 19.1. The van der Waals surface area contributed by atoms with Crippen molar-refractivity contribution in [2.24, 2.45) is 0 Å². The molecule has 128 valence electrons. The fourth-order valence-corrected chi connectivity index (χ4v) is 2.88. The molecule has 1 amide bonds. The lowest BCUT2D eigenvalue weighted by Crippen LogP contribution is -2.53. The van der Waals surface area contributed by atoms with E-state index in [1.807, 2.05) is 26.8 Å². The Morgan fingerprint density at radius 2 is 2.21 bits per heavy atom. The number of hydrogen-bond acceptors (Lipinski definition) is 4. The molecule has 0 unspecified atom stereocenters. The summed E-state index contributed by atoms with van der Waals surface area (Å²) in [5.74, 6) is -0.680. The maximum Gasteiger partial charge on any atom is 0.244 e. The molecule has 0 aliphatic carbocycles. The first-order valence-electron chi connectivity index (χ1n) is 7.95. The Balaban J connectivity index is 1.77. The zero-order chi connectivity index (χ0) is 17.3. The highest BCUT2D eigenvalue weighted by molar-refractivity contribution is 5.95. The molecule has 7 heteroatoms. The average molecular weight is 332 g/mol. The van der Waals surface area contributed by atoms with Crippen LogP contribution in [0.2, 0.25) is 0 Å². The van der Waals surface area contributed by atoms with Crippen LogP contribution in [0.3, 0.4) is 0 Å². The summed E-state index contributed by atoms with van der Waals surface area (Å²) in [6.07, 6.45) is -0.224. The summed E-state index contributed by atoms with van der Waals surface area (Å²) in [4.78, 5) is 12.3. The number of carbonyl (C=O) groups excluding carboxylic acids is 1. The van der Waals surface area contributed by atoms with Crippen molar-refractivity contribution in [2.45, 2.75) is 32.9 Å². The summed E-state index contributed by atoms with van der Waals surface area (Å²) >= 11 is 0. The molecule has 0 spiro atoms. The van der Waals surface area contributed by atoms with Gasteiger partial charge in [-0.1, -0.05) is 0 Å². The predicted octanol–water partition coefficient (Wildman–Crippen LogP) is 1.94. The minimum atomic E-state index is -0.447. The highest BCUT2D eigenvalue weighted by Gasteiger charge is 2.28. The number of rotatable bonds is 3. The average Bonchev–Trinajstić information content (AvgIpc) is 2.86. The number of nitrogens with zero attached hydrogens (tertiary/aromatic N) is 2. The van der Waals surface area contributed by atoms with Crippen LogP contribution in [0.5, 0.6) is 0 Å². The molecule has 2 N–H and O–H groups in total. The van der Waals surface area contributed by atoms with Gasteiger partial charge in [0.1, 0.15) is 11.7 Å². The SMILES string of the molecule is Cc1cc(C)n(-c2ccc(NC(=O)[C@H]3NCCO[C@@H]3C)cc2F)n1. The van der Waals surface area contributed by atoms with E-state index in [2.05, 4.69) is 15.7 Å². The normalized spacial score (nSPS) is 20.8. The second-order valence-electron chi connectivity index (χ2n) is 6.00. The molecule has 0 bridgehead atoms. The van der Waals surface area contributed by atoms with Crippen LogP contribution >= 0.6 is 0 Å². The van der Waals surface area contributed by atoms with Gasteiger partial charge < -0.3 is 15.4 Å². The number of aromatic nitrogens is 2. The Bertz CT molecular complexity index is 759. The van der Waals surface area contributed by atoms with Crippen LogP contribution in [0.1, 0.15) is 18.3 Å². The molecule has 24 heavy (non-hydrogen) atoms. The summed E-state index contributed by atoms with van der Waals surface area (Å²) in [5, 5.41) is 10.1. The van der Waals surface area contributed by atoms with Gasteiger partial charge in [-0.2, -0.15) is 5.10 Å². The highest BCUT2D eigenvalue weighted by Crippen LogP contribution is 2.20. The maximum atomic E-state index is 14.4. The first-order valence-corrected chi connectivity index (χ1v) is 7.95. The van der Waals surface area contributed by atoms with Crippen molar-refractivity contribution in [3.8, 4) is 5.69 Å². The van der Waals surface area contributed by atoms with E-state index in [1.54, 1.807) is 16.8 Å². The van der Waals surface area contributed by atoms with Gasteiger partial charge in [0.2, 0.25) is 5.91 Å². The fraction of sp³-hybridized carbons (Fsp3) is 0.412. The lowest BCUT2D eigenvalue weighted by molar-refractivity contribution is -0.123. The molecular formula is C17H21FN4O2. The van der Waals surface area contributed by atoms with Gasteiger partial charge in [-0.3, -0.25) is 4.79 Å². The number of morpholine rings is 1. The van der Waals surface area contributed by atoms with Crippen molar-refractivity contribution in [1.82, 2.24) is 15.1 Å². The molecule has 1 aromatic carbocycles. The molecule has 2 aromatic rings. The van der Waals surface area contributed by atoms with Gasteiger partial charge in [-0.05, 0) is 45.0 Å². The van der Waals surface area contributed by atoms with E-state index in [-0.39, 0.29) is 12.0 Å². The third-order valence-corrected chi connectivity index (χ3v) is 4.05. The van der Waals surface area contributed by atoms with Crippen molar-refractivity contribution >= 4 is 11.6 Å². The number of hydrogen-bond donors (Lipinski definition) is 2. The second kappa shape index (κ2) is 6.70. The Labute approximate surface area is 140 Å². The van der Waals surface area contributed by atoms with Gasteiger partial charge in [-0.15, -0.1) is 0 Å². The maximum absolute atomic E-state index is 14.4. The quantitative estimate of drug-likeness (QED) is 0.901. The number of benzene rings is 1. The number of halogens is 1. The number of ether oxygens (including phenoxy) is 1. The topological polar surface area (TPSA) is 68.2 Å². The zero-order valence-electron chi connectivity index (χ0n) is 14.0. The molecule has 1 saturated heterocycles. The van der Waals surface area contributed by atoms with Gasteiger partial charge >= 0.3 is 0 Å². The van der Waals surface area contributed by atoms with Crippen molar-refractivity contribution in [2.75, 3.05) is 18.5 Å². The Morgan fingerprint density at radius 1 is 1.42 bits per heavy atom. The van der Waals surface area contributed by atoms with Crippen LogP contribution in [0.15, 0.2) is 24.3 Å². The van der Waals surface area contributed by atoms with E-state index in [4.69, 9.17) is 4.74 Å². The fourth-order valence-electron chi connectivity index (χ4n) is 2.88. The van der Waals surface area contributed by atoms with E-state index >= 15 is 0 Å². The third-order valence-electron chi connectivity index (χ3n) is 4.05. The van der Waals surface area contributed by atoms with Crippen molar-refractivity contribution in [1.29, 1.82) is 0 Å². The lowest BCUT2D eigenvalue weighted by atomic mass is 10.1. The number of amides is 1. The van der Waals surface area contributed by atoms with Crippen LogP contribution in [0.25, 0.3) is 5.69 Å². The van der Waals surface area contributed by atoms with Crippen LogP contribution in [0.4, 0.5) is 10.1 Å². The third kappa shape index (κ3) is 3.32. The van der Waals surface area contributed by atoms with Crippen molar-refractivity contribution in [3.05, 3.63) is 41.5 Å². The Hall–Kier alpha value is -2.25. The molecule has 1 fully saturated rings. The van der Waals surface area contributed by atoms with Crippen molar-refractivity contribution in [3.63, 3.8) is 0 Å². The van der Waals surface area contributed by atoms with E-state index in [0.29, 0.717) is 24.5 Å². The second-order valence-corrected chi connectivity index (χ2v) is 6.00. The van der Waals surface area contributed by atoms with Crippen LogP contribution < -0.4 is 10.6 Å². The van der Waals surface area contributed by atoms with Gasteiger partial charge in [-0.25, -0.2) is 9.07 Å². The van der Waals surface area contributed by atoms with Gasteiger partial charge in [0.25, 0.3) is 0 Å². The summed E-state index contributed by atoms with van der Waals surface area (Å²) in [6.45, 7) is 6.76. The molecule has 2 heterocycles. The summed E-state index contributed by atoms with van der Waals surface area (Å²) in [5.41, 5.74) is 2.43. The molecule has 0 saturated carbocycles. The largest absolute Gasteiger partial charge is 0.375 e. The molecule has 1 aliphatic heterocycles. The van der Waals surface area contributed by atoms with Crippen LogP contribution in [-0.2, 0) is 9.53 Å². The number of nitrogens with one attached hydrogen (secondary N) is 2. The van der Waals surface area contributed by atoms with Gasteiger partial charge in [0, 0.05) is 17.9 Å². The number of anilines is 1. The first-order chi connectivity index (χ1) is 11.5. The lowest BCUT2D eigenvalue weighted by Gasteiger charge is -2.29. The minimum Gasteiger partial charge on any atom is -0.375 e.